The third-order valence-electron chi connectivity index (χ3n) is 11.6. The number of carboxylic acids is 1. The fraction of sp³-hybridized carbons (Fsp3) is 0.267. The van der Waals surface area contributed by atoms with Crippen molar-refractivity contribution in [2.24, 2.45) is 0 Å². The smallest absolute Gasteiger partial charge is 0.336 e. The average Bonchev–Trinajstić information content (AvgIpc) is 3.15. The molecule has 0 aromatic heterocycles. The lowest BCUT2D eigenvalue weighted by Crippen LogP contribution is -2.12. The Labute approximate surface area is 282 Å². The molecule has 0 bridgehead atoms. The van der Waals surface area contributed by atoms with E-state index in [-0.39, 0.29) is 0 Å². The molecule has 238 valence electrons. The predicted octanol–water partition coefficient (Wildman–Crippen LogP) is 13.0. The van der Waals surface area contributed by atoms with Crippen LogP contribution in [-0.4, -0.2) is 11.1 Å². The van der Waals surface area contributed by atoms with Gasteiger partial charge in [0, 0.05) is 16.8 Å². The van der Waals surface area contributed by atoms with Crippen LogP contribution in [0.4, 0.5) is 17.1 Å². The van der Waals surface area contributed by atoms with Crippen LogP contribution in [0.3, 0.4) is 0 Å². The molecule has 7 aromatic rings. The molecule has 0 spiro atoms. The number of carboxylic acid groups (broad SMARTS) is 1. The van der Waals surface area contributed by atoms with Gasteiger partial charge in [0.15, 0.2) is 0 Å². The Bertz CT molecular complexity index is 2190. The van der Waals surface area contributed by atoms with E-state index in [1.54, 1.807) is 6.07 Å². The number of hydrogen-bond acceptors (Lipinski definition) is 2. The van der Waals surface area contributed by atoms with E-state index in [0.717, 1.165) is 38.0 Å². The SMILES string of the molecule is O=C(O)c1ccc2c3cccc4c(N(c5ccc(C6CCCCC6)cc5)c5ccc(C6CCCCC6)cc5)ccc(c5cccc1c25)c43. The lowest BCUT2D eigenvalue weighted by atomic mass is 9.84. The Morgan fingerprint density at radius 3 is 1.44 bits per heavy atom. The summed E-state index contributed by atoms with van der Waals surface area (Å²) in [5, 5.41) is 18.7. The summed E-state index contributed by atoms with van der Waals surface area (Å²) < 4.78 is 0. The molecule has 0 heterocycles. The van der Waals surface area contributed by atoms with E-state index in [0.29, 0.717) is 17.4 Å². The summed E-state index contributed by atoms with van der Waals surface area (Å²) in [5.74, 6) is 0.444. The highest BCUT2D eigenvalue weighted by atomic mass is 16.4. The molecule has 0 aliphatic heterocycles. The van der Waals surface area contributed by atoms with Gasteiger partial charge in [0.2, 0.25) is 0 Å². The van der Waals surface area contributed by atoms with E-state index in [1.807, 2.05) is 18.2 Å². The maximum absolute atomic E-state index is 12.2. The second-order valence-electron chi connectivity index (χ2n) is 14.2. The Kier molecular flexibility index (Phi) is 7.30. The Morgan fingerprint density at radius 2 is 0.917 bits per heavy atom. The van der Waals surface area contributed by atoms with Crippen molar-refractivity contribution in [3.05, 3.63) is 126 Å². The number of rotatable bonds is 6. The van der Waals surface area contributed by atoms with Gasteiger partial charge in [0.25, 0.3) is 0 Å². The standard InChI is InChI=1S/C45H41NO2/c47-45(48)40-26-25-38-36-14-8-16-41-42(28-27-39(44(36)41)35-13-7-15-37(40)43(35)38)46(33-21-17-31(18-22-33)29-9-3-1-4-10-29)34-23-19-32(20-24-34)30-11-5-2-6-12-30/h7-8,13-30H,1-6,9-12H2,(H,47,48). The van der Waals surface area contributed by atoms with Crippen molar-refractivity contribution in [3.8, 4) is 0 Å². The van der Waals surface area contributed by atoms with E-state index < -0.39 is 5.97 Å². The summed E-state index contributed by atoms with van der Waals surface area (Å²) in [7, 11) is 0. The van der Waals surface area contributed by atoms with Gasteiger partial charge in [0.1, 0.15) is 0 Å². The Balaban J connectivity index is 1.24. The Morgan fingerprint density at radius 1 is 0.479 bits per heavy atom. The Hall–Kier alpha value is -4.89. The molecule has 48 heavy (non-hydrogen) atoms. The maximum atomic E-state index is 12.2. The van der Waals surface area contributed by atoms with Crippen LogP contribution in [0.5, 0.6) is 0 Å². The molecule has 7 aromatic carbocycles. The van der Waals surface area contributed by atoms with Crippen LogP contribution in [0.25, 0.3) is 43.1 Å². The third kappa shape index (κ3) is 4.82. The first-order valence-corrected chi connectivity index (χ1v) is 18.0. The van der Waals surface area contributed by atoms with Crippen molar-refractivity contribution in [3.63, 3.8) is 0 Å². The molecule has 2 fully saturated rings. The van der Waals surface area contributed by atoms with Gasteiger partial charge in [0.05, 0.1) is 11.3 Å². The highest BCUT2D eigenvalue weighted by Gasteiger charge is 2.23. The minimum absolute atomic E-state index is 0.349. The molecule has 0 unspecified atom stereocenters. The number of fused-ring (bicyclic) bond motifs is 2. The molecule has 9 rings (SSSR count). The van der Waals surface area contributed by atoms with Gasteiger partial charge in [-0.1, -0.05) is 111 Å². The quantitative estimate of drug-likeness (QED) is 0.147. The molecule has 2 aliphatic rings. The number of aromatic carboxylic acids is 1. The number of anilines is 3. The van der Waals surface area contributed by atoms with Gasteiger partial charge in [-0.05, 0) is 123 Å². The molecule has 2 saturated carbocycles. The minimum Gasteiger partial charge on any atom is -0.478 e. The summed E-state index contributed by atoms with van der Waals surface area (Å²) in [6, 6.07) is 39.8. The second-order valence-corrected chi connectivity index (χ2v) is 14.2. The molecule has 0 atom stereocenters. The summed E-state index contributed by atoms with van der Waals surface area (Å²) >= 11 is 0. The van der Waals surface area contributed by atoms with Gasteiger partial charge >= 0.3 is 5.97 Å². The van der Waals surface area contributed by atoms with Gasteiger partial charge in [-0.3, -0.25) is 0 Å². The summed E-state index contributed by atoms with van der Waals surface area (Å²) in [6.07, 6.45) is 13.2. The van der Waals surface area contributed by atoms with E-state index in [4.69, 9.17) is 0 Å². The van der Waals surface area contributed by atoms with E-state index in [2.05, 4.69) is 89.8 Å². The van der Waals surface area contributed by atoms with Crippen LogP contribution >= 0.6 is 0 Å². The van der Waals surface area contributed by atoms with Crippen LogP contribution in [0, 0.1) is 0 Å². The molecule has 2 aliphatic carbocycles. The van der Waals surface area contributed by atoms with Crippen LogP contribution < -0.4 is 4.90 Å². The van der Waals surface area contributed by atoms with Gasteiger partial charge in [-0.15, -0.1) is 0 Å². The lowest BCUT2D eigenvalue weighted by molar-refractivity contribution is 0.0699. The first-order valence-electron chi connectivity index (χ1n) is 18.0. The number of benzene rings is 7. The number of hydrogen-bond donors (Lipinski definition) is 1. The average molecular weight is 628 g/mol. The predicted molar refractivity (Wildman–Crippen MR) is 201 cm³/mol. The largest absolute Gasteiger partial charge is 0.478 e. The molecule has 0 radical (unpaired) electrons. The first-order chi connectivity index (χ1) is 23.7. The molecular formula is C45H41NO2. The zero-order chi connectivity index (χ0) is 32.2. The second kappa shape index (κ2) is 12.0. The number of carbonyl (C=O) groups is 1. The molecule has 3 nitrogen and oxygen atoms in total. The lowest BCUT2D eigenvalue weighted by Gasteiger charge is -2.29. The van der Waals surface area contributed by atoms with Crippen molar-refractivity contribution in [2.75, 3.05) is 4.90 Å². The maximum Gasteiger partial charge on any atom is 0.336 e. The first kappa shape index (κ1) is 29.3. The van der Waals surface area contributed by atoms with E-state index in [1.165, 1.54) is 97.5 Å². The van der Waals surface area contributed by atoms with Gasteiger partial charge in [-0.2, -0.15) is 0 Å². The van der Waals surface area contributed by atoms with Gasteiger partial charge < -0.3 is 10.0 Å². The monoisotopic (exact) mass is 627 g/mol. The fourth-order valence-electron chi connectivity index (χ4n) is 9.17. The molecular weight excluding hydrogens is 587 g/mol. The van der Waals surface area contributed by atoms with E-state index >= 15 is 0 Å². The van der Waals surface area contributed by atoms with Gasteiger partial charge in [-0.25, -0.2) is 4.79 Å². The van der Waals surface area contributed by atoms with Crippen molar-refractivity contribution in [2.45, 2.75) is 76.0 Å². The summed E-state index contributed by atoms with van der Waals surface area (Å²) in [4.78, 5) is 14.6. The van der Waals surface area contributed by atoms with Crippen molar-refractivity contribution in [1.29, 1.82) is 0 Å². The minimum atomic E-state index is -0.891. The van der Waals surface area contributed by atoms with Crippen molar-refractivity contribution >= 4 is 66.1 Å². The highest BCUT2D eigenvalue weighted by Crippen LogP contribution is 2.47. The van der Waals surface area contributed by atoms with Crippen molar-refractivity contribution in [1.82, 2.24) is 0 Å². The zero-order valence-electron chi connectivity index (χ0n) is 27.4. The molecule has 3 heteroatoms. The van der Waals surface area contributed by atoms with Crippen LogP contribution in [0.2, 0.25) is 0 Å². The summed E-state index contributed by atoms with van der Waals surface area (Å²) in [6.45, 7) is 0. The highest BCUT2D eigenvalue weighted by molar-refractivity contribution is 6.35. The number of nitrogens with zero attached hydrogens (tertiary/aromatic N) is 1. The van der Waals surface area contributed by atoms with E-state index in [9.17, 15) is 9.90 Å². The fourth-order valence-corrected chi connectivity index (χ4v) is 9.17. The summed E-state index contributed by atoms with van der Waals surface area (Å²) in [5.41, 5.74) is 6.78. The van der Waals surface area contributed by atoms with Crippen molar-refractivity contribution < 1.29 is 9.90 Å². The van der Waals surface area contributed by atoms with Crippen LogP contribution in [0.15, 0.2) is 109 Å². The molecule has 0 saturated heterocycles. The molecule has 0 amide bonds. The normalized spacial score (nSPS) is 16.3. The third-order valence-corrected chi connectivity index (χ3v) is 11.6. The van der Waals surface area contributed by atoms with Crippen LogP contribution in [-0.2, 0) is 0 Å². The zero-order valence-corrected chi connectivity index (χ0v) is 27.4. The van der Waals surface area contributed by atoms with Crippen LogP contribution in [0.1, 0.15) is 97.5 Å². The molecule has 1 N–H and O–H groups in total. The topological polar surface area (TPSA) is 40.5 Å².